The molecule has 2 N–H and O–H groups in total. The Kier molecular flexibility index (Phi) is 6.16. The Hall–Kier alpha value is -2.93. The van der Waals surface area contributed by atoms with Crippen molar-refractivity contribution in [3.05, 3.63) is 54.7 Å². The van der Waals surface area contributed by atoms with Crippen LogP contribution >= 0.6 is 11.5 Å². The first-order valence-corrected chi connectivity index (χ1v) is 9.20. The van der Waals surface area contributed by atoms with E-state index in [1.54, 1.807) is 6.20 Å². The number of hydrogen-bond donors (Lipinski definition) is 2. The van der Waals surface area contributed by atoms with E-state index in [0.29, 0.717) is 18.0 Å². The zero-order chi connectivity index (χ0) is 18.2. The van der Waals surface area contributed by atoms with E-state index in [1.807, 2.05) is 48.5 Å². The molecule has 0 saturated carbocycles. The molecule has 0 aliphatic carbocycles. The van der Waals surface area contributed by atoms with Crippen molar-refractivity contribution in [3.63, 3.8) is 0 Å². The van der Waals surface area contributed by atoms with E-state index in [2.05, 4.69) is 27.1 Å². The number of carbonyl (C=O) groups is 1. The summed E-state index contributed by atoms with van der Waals surface area (Å²) in [5.41, 5.74) is 2.44. The van der Waals surface area contributed by atoms with E-state index in [-0.39, 0.29) is 6.03 Å². The van der Waals surface area contributed by atoms with E-state index in [4.69, 9.17) is 4.74 Å². The van der Waals surface area contributed by atoms with Crippen LogP contribution in [0.25, 0.3) is 10.4 Å². The molecule has 0 bridgehead atoms. The van der Waals surface area contributed by atoms with Crippen LogP contribution in [0.2, 0.25) is 0 Å². The van der Waals surface area contributed by atoms with Gasteiger partial charge in [0, 0.05) is 11.4 Å². The first-order valence-electron chi connectivity index (χ1n) is 8.43. The summed E-state index contributed by atoms with van der Waals surface area (Å²) in [6.45, 7) is 2.83. The summed E-state index contributed by atoms with van der Waals surface area (Å²) in [5, 5.41) is 9.44. The number of nitrogens with one attached hydrogen (secondary N) is 2. The highest BCUT2D eigenvalue weighted by Crippen LogP contribution is 2.23. The lowest BCUT2D eigenvalue weighted by Crippen LogP contribution is -2.19. The van der Waals surface area contributed by atoms with Gasteiger partial charge in [-0.15, -0.1) is 5.10 Å². The summed E-state index contributed by atoms with van der Waals surface area (Å²) in [7, 11) is 0. The molecule has 0 radical (unpaired) electrons. The summed E-state index contributed by atoms with van der Waals surface area (Å²) in [5.74, 6) is 0.803. The molecular weight excluding hydrogens is 348 g/mol. The molecule has 1 aromatic heterocycles. The predicted octanol–water partition coefficient (Wildman–Crippen LogP) is 5.03. The zero-order valence-electron chi connectivity index (χ0n) is 14.4. The van der Waals surface area contributed by atoms with Gasteiger partial charge in [0.2, 0.25) is 0 Å². The number of hydrogen-bond acceptors (Lipinski definition) is 5. The molecule has 7 heteroatoms. The lowest BCUT2D eigenvalue weighted by atomic mass is 10.2. The third-order valence-electron chi connectivity index (χ3n) is 3.67. The summed E-state index contributed by atoms with van der Waals surface area (Å²) in [6.07, 6.45) is 3.85. The number of ether oxygens (including phenoxy) is 1. The van der Waals surface area contributed by atoms with E-state index in [1.165, 1.54) is 11.5 Å². The Morgan fingerprint density at radius 3 is 2.27 bits per heavy atom. The first kappa shape index (κ1) is 17.9. The molecule has 0 atom stereocenters. The monoisotopic (exact) mass is 368 g/mol. The minimum atomic E-state index is -0.295. The molecule has 6 nitrogen and oxygen atoms in total. The minimum absolute atomic E-state index is 0.295. The van der Waals surface area contributed by atoms with Crippen LogP contribution in [0.15, 0.2) is 54.7 Å². The van der Waals surface area contributed by atoms with Crippen LogP contribution in [0.1, 0.15) is 19.8 Å². The van der Waals surface area contributed by atoms with Gasteiger partial charge in [0.05, 0.1) is 17.7 Å². The maximum atomic E-state index is 12.1. The topological polar surface area (TPSA) is 76.1 Å². The predicted molar refractivity (Wildman–Crippen MR) is 105 cm³/mol. The van der Waals surface area contributed by atoms with Crippen molar-refractivity contribution >= 4 is 28.9 Å². The molecule has 0 spiro atoms. The van der Waals surface area contributed by atoms with Crippen LogP contribution in [0.3, 0.4) is 0 Å². The van der Waals surface area contributed by atoms with E-state index in [9.17, 15) is 4.79 Å². The van der Waals surface area contributed by atoms with Crippen molar-refractivity contribution in [2.45, 2.75) is 19.8 Å². The minimum Gasteiger partial charge on any atom is -0.494 e. The smallest absolute Gasteiger partial charge is 0.323 e. The second-order valence-electron chi connectivity index (χ2n) is 5.66. The lowest BCUT2D eigenvalue weighted by Gasteiger charge is -2.09. The number of benzene rings is 2. The summed E-state index contributed by atoms with van der Waals surface area (Å²) in [4.78, 5) is 13.1. The quantitative estimate of drug-likeness (QED) is 0.574. The van der Waals surface area contributed by atoms with Crippen LogP contribution in [0.4, 0.5) is 16.2 Å². The van der Waals surface area contributed by atoms with Gasteiger partial charge in [-0.1, -0.05) is 30.0 Å². The fraction of sp³-hybridized carbons (Fsp3) is 0.211. The van der Waals surface area contributed by atoms with Crippen molar-refractivity contribution in [2.75, 3.05) is 17.2 Å². The number of rotatable bonds is 7. The zero-order valence-corrected chi connectivity index (χ0v) is 15.3. The molecule has 2 aromatic carbocycles. The van der Waals surface area contributed by atoms with Gasteiger partial charge in [-0.3, -0.25) is 0 Å². The van der Waals surface area contributed by atoms with Crippen LogP contribution in [0.5, 0.6) is 5.75 Å². The van der Waals surface area contributed by atoms with E-state index < -0.39 is 0 Å². The van der Waals surface area contributed by atoms with Gasteiger partial charge in [-0.25, -0.2) is 4.79 Å². The third-order valence-corrected chi connectivity index (χ3v) is 4.38. The molecule has 0 fully saturated rings. The first-order chi connectivity index (χ1) is 12.7. The molecule has 0 unspecified atom stereocenters. The number of amides is 2. The summed E-state index contributed by atoms with van der Waals surface area (Å²) < 4.78 is 9.45. The highest BCUT2D eigenvalue weighted by atomic mass is 32.1. The Labute approximate surface area is 156 Å². The van der Waals surface area contributed by atoms with Gasteiger partial charge in [0.25, 0.3) is 0 Å². The number of nitrogens with zero attached hydrogens (tertiary/aromatic N) is 2. The highest BCUT2D eigenvalue weighted by Gasteiger charge is 2.05. The maximum Gasteiger partial charge on any atom is 0.323 e. The fourth-order valence-electron chi connectivity index (χ4n) is 2.27. The molecule has 134 valence electrons. The Morgan fingerprint density at radius 1 is 1.04 bits per heavy atom. The van der Waals surface area contributed by atoms with Gasteiger partial charge in [0.15, 0.2) is 0 Å². The van der Waals surface area contributed by atoms with Crippen molar-refractivity contribution in [1.29, 1.82) is 0 Å². The number of urea groups is 1. The average Bonchev–Trinajstić information content (AvgIpc) is 3.19. The molecular formula is C19H20N4O2S. The van der Waals surface area contributed by atoms with Gasteiger partial charge in [-0.2, -0.15) is 0 Å². The van der Waals surface area contributed by atoms with Crippen molar-refractivity contribution < 1.29 is 9.53 Å². The number of aromatic nitrogens is 2. The molecule has 1 heterocycles. The second kappa shape index (κ2) is 8.96. The van der Waals surface area contributed by atoms with E-state index in [0.717, 1.165) is 29.0 Å². The molecule has 0 aliphatic heterocycles. The average molecular weight is 368 g/mol. The molecule has 3 rings (SSSR count). The number of carbonyl (C=O) groups excluding carboxylic acids is 1. The number of anilines is 2. The fourth-order valence-corrected chi connectivity index (χ4v) is 2.79. The van der Waals surface area contributed by atoms with Gasteiger partial charge in [0.1, 0.15) is 5.75 Å². The summed E-state index contributed by atoms with van der Waals surface area (Å²) >= 11 is 1.33. The van der Waals surface area contributed by atoms with Gasteiger partial charge in [-0.05, 0) is 59.9 Å². The Balaban J connectivity index is 1.52. The second-order valence-corrected chi connectivity index (χ2v) is 6.45. The molecule has 0 saturated heterocycles. The van der Waals surface area contributed by atoms with Crippen molar-refractivity contribution in [3.8, 4) is 16.2 Å². The third kappa shape index (κ3) is 5.03. The SMILES string of the molecule is CCCCOc1ccc(NC(=O)Nc2ccc(-c3cnns3)cc2)cc1. The highest BCUT2D eigenvalue weighted by molar-refractivity contribution is 7.09. The van der Waals surface area contributed by atoms with E-state index >= 15 is 0 Å². The maximum absolute atomic E-state index is 12.1. The number of unbranched alkanes of at least 4 members (excludes halogenated alkanes) is 1. The standard InChI is InChI=1S/C19H20N4O2S/c1-2-3-12-25-17-10-8-16(9-11-17)22-19(24)21-15-6-4-14(5-7-15)18-13-20-23-26-18/h4-11,13H,2-3,12H2,1H3,(H2,21,22,24). The largest absolute Gasteiger partial charge is 0.494 e. The Bertz CT molecular complexity index is 818. The van der Waals surface area contributed by atoms with Crippen LogP contribution in [-0.2, 0) is 0 Å². The molecule has 2 amide bonds. The Morgan fingerprint density at radius 2 is 1.69 bits per heavy atom. The van der Waals surface area contributed by atoms with Gasteiger partial charge < -0.3 is 15.4 Å². The van der Waals surface area contributed by atoms with Crippen LogP contribution in [0, 0.1) is 0 Å². The van der Waals surface area contributed by atoms with Gasteiger partial charge >= 0.3 is 6.03 Å². The lowest BCUT2D eigenvalue weighted by molar-refractivity contribution is 0.262. The normalized spacial score (nSPS) is 10.3. The van der Waals surface area contributed by atoms with Crippen molar-refractivity contribution in [2.24, 2.45) is 0 Å². The van der Waals surface area contributed by atoms with Crippen LogP contribution < -0.4 is 15.4 Å². The molecule has 0 aliphatic rings. The summed E-state index contributed by atoms with van der Waals surface area (Å²) in [6, 6.07) is 14.6. The molecule has 26 heavy (non-hydrogen) atoms. The molecule has 3 aromatic rings. The van der Waals surface area contributed by atoms with Crippen LogP contribution in [-0.4, -0.2) is 22.2 Å². The van der Waals surface area contributed by atoms with Crippen molar-refractivity contribution in [1.82, 2.24) is 9.59 Å².